The van der Waals surface area contributed by atoms with Gasteiger partial charge in [0.15, 0.2) is 0 Å². The van der Waals surface area contributed by atoms with Gasteiger partial charge in [0.05, 0.1) is 24.5 Å². The van der Waals surface area contributed by atoms with Crippen LogP contribution in [-0.2, 0) is 19.6 Å². The number of nitrogens with one attached hydrogen (secondary N) is 1. The summed E-state index contributed by atoms with van der Waals surface area (Å²) >= 11 is 0. The van der Waals surface area contributed by atoms with Crippen molar-refractivity contribution in [3.63, 3.8) is 0 Å². The fourth-order valence-electron chi connectivity index (χ4n) is 4.51. The number of likely N-dealkylation sites (tertiary alicyclic amines) is 1. The summed E-state index contributed by atoms with van der Waals surface area (Å²) in [6, 6.07) is -0.475. The average molecular weight is 403 g/mol. The van der Waals surface area contributed by atoms with E-state index < -0.39 is 10.0 Å². The minimum absolute atomic E-state index is 0.00787. The van der Waals surface area contributed by atoms with Gasteiger partial charge >= 0.3 is 0 Å². The third kappa shape index (κ3) is 6.71. The van der Waals surface area contributed by atoms with Crippen molar-refractivity contribution in [2.75, 3.05) is 18.9 Å². The van der Waals surface area contributed by atoms with E-state index in [1.807, 2.05) is 6.92 Å². The van der Waals surface area contributed by atoms with Crippen LogP contribution in [-0.4, -0.2) is 56.3 Å². The number of ether oxygens (including phenoxy) is 1. The lowest BCUT2D eigenvalue weighted by molar-refractivity contribution is -0.136. The Kier molecular flexibility index (Phi) is 8.56. The molecule has 27 heavy (non-hydrogen) atoms. The van der Waals surface area contributed by atoms with Gasteiger partial charge in [0.1, 0.15) is 0 Å². The largest absolute Gasteiger partial charge is 0.376 e. The van der Waals surface area contributed by atoms with Crippen molar-refractivity contribution in [3.05, 3.63) is 0 Å². The number of carbonyl (C=O) groups excluding carboxylic acids is 1. The third-order valence-corrected chi connectivity index (χ3v) is 7.76. The molecule has 2 fully saturated rings. The highest BCUT2D eigenvalue weighted by Crippen LogP contribution is 2.31. The molecule has 1 amide bonds. The summed E-state index contributed by atoms with van der Waals surface area (Å²) in [6.07, 6.45) is 6.87. The predicted octanol–water partition coefficient (Wildman–Crippen LogP) is 2.93. The van der Waals surface area contributed by atoms with E-state index in [4.69, 9.17) is 4.74 Å². The van der Waals surface area contributed by atoms with Gasteiger partial charge in [0.25, 0.3) is 0 Å². The lowest BCUT2D eigenvalue weighted by Gasteiger charge is -2.42. The number of hydrogen-bond acceptors (Lipinski definition) is 4. The third-order valence-electron chi connectivity index (χ3n) is 6.15. The fourth-order valence-corrected chi connectivity index (χ4v) is 5.90. The van der Waals surface area contributed by atoms with E-state index >= 15 is 0 Å². The van der Waals surface area contributed by atoms with Gasteiger partial charge in [-0.15, -0.1) is 0 Å². The average Bonchev–Trinajstić information content (AvgIpc) is 2.60. The normalized spacial score (nSPS) is 29.9. The van der Waals surface area contributed by atoms with Gasteiger partial charge in [-0.2, -0.15) is 0 Å². The van der Waals surface area contributed by atoms with Crippen LogP contribution in [0.4, 0.5) is 0 Å². The molecule has 2 aliphatic rings. The summed E-state index contributed by atoms with van der Waals surface area (Å²) in [5, 5.41) is 0. The van der Waals surface area contributed by atoms with Crippen LogP contribution in [0.3, 0.4) is 0 Å². The molecular formula is C20H38N2O4S. The van der Waals surface area contributed by atoms with E-state index in [0.29, 0.717) is 19.6 Å². The number of amides is 1. The Hall–Kier alpha value is -0.660. The molecule has 0 bridgehead atoms. The lowest BCUT2D eigenvalue weighted by Crippen LogP contribution is -2.58. The highest BCUT2D eigenvalue weighted by molar-refractivity contribution is 7.89. The number of sulfonamides is 1. The molecule has 0 unspecified atom stereocenters. The van der Waals surface area contributed by atoms with E-state index in [1.165, 1.54) is 12.8 Å². The van der Waals surface area contributed by atoms with Crippen molar-refractivity contribution in [2.24, 2.45) is 11.8 Å². The van der Waals surface area contributed by atoms with Gasteiger partial charge in [-0.3, -0.25) is 4.79 Å². The Morgan fingerprint density at radius 1 is 1.19 bits per heavy atom. The van der Waals surface area contributed by atoms with E-state index in [1.54, 1.807) is 11.8 Å². The predicted molar refractivity (Wildman–Crippen MR) is 108 cm³/mol. The van der Waals surface area contributed by atoms with E-state index in [0.717, 1.165) is 37.5 Å². The molecule has 0 radical (unpaired) electrons. The topological polar surface area (TPSA) is 75.7 Å². The number of carbonyl (C=O) groups is 1. The summed E-state index contributed by atoms with van der Waals surface area (Å²) in [5.41, 5.74) is 0. The molecule has 0 aromatic carbocycles. The minimum atomic E-state index is -3.32. The van der Waals surface area contributed by atoms with Crippen LogP contribution in [0.15, 0.2) is 0 Å². The maximum absolute atomic E-state index is 12.3. The van der Waals surface area contributed by atoms with Gasteiger partial charge in [-0.05, 0) is 56.8 Å². The monoisotopic (exact) mass is 402 g/mol. The highest BCUT2D eigenvalue weighted by atomic mass is 32.2. The SMILES string of the molecule is CCCS(=O)(=O)N[C@H]1CCCN(C(C)=O)[C@H]1COC1CCC(C(C)C)CC1. The second kappa shape index (κ2) is 10.2. The quantitative estimate of drug-likeness (QED) is 0.677. The maximum Gasteiger partial charge on any atom is 0.219 e. The second-order valence-electron chi connectivity index (χ2n) is 8.58. The Morgan fingerprint density at radius 2 is 1.85 bits per heavy atom. The summed E-state index contributed by atoms with van der Waals surface area (Å²) < 4.78 is 33.6. The standard InChI is InChI=1S/C20H38N2O4S/c1-5-13-27(24,25)21-19-7-6-12-22(16(4)23)20(19)14-26-18-10-8-17(9-11-18)15(2)3/h15,17-21H,5-14H2,1-4H3/t17?,18?,19-,20-/m0/s1. The summed E-state index contributed by atoms with van der Waals surface area (Å²) in [4.78, 5) is 13.9. The molecule has 7 heteroatoms. The first kappa shape index (κ1) is 22.6. The van der Waals surface area contributed by atoms with E-state index in [9.17, 15) is 13.2 Å². The summed E-state index contributed by atoms with van der Waals surface area (Å²) in [5.74, 6) is 1.61. The zero-order chi connectivity index (χ0) is 20.0. The van der Waals surface area contributed by atoms with Gasteiger partial charge in [0.2, 0.25) is 15.9 Å². The number of piperidine rings is 1. The van der Waals surface area contributed by atoms with Crippen LogP contribution in [0.5, 0.6) is 0 Å². The molecule has 0 aromatic heterocycles. The van der Waals surface area contributed by atoms with Crippen LogP contribution < -0.4 is 4.72 Å². The first-order valence-electron chi connectivity index (χ1n) is 10.6. The second-order valence-corrected chi connectivity index (χ2v) is 10.5. The van der Waals surface area contributed by atoms with Crippen molar-refractivity contribution in [2.45, 2.75) is 90.8 Å². The van der Waals surface area contributed by atoms with Crippen molar-refractivity contribution in [1.82, 2.24) is 9.62 Å². The minimum Gasteiger partial charge on any atom is -0.376 e. The Bertz CT molecular complexity index is 571. The molecule has 158 valence electrons. The Balaban J connectivity index is 1.98. The maximum atomic E-state index is 12.3. The Labute approximate surface area is 165 Å². The number of nitrogens with zero attached hydrogens (tertiary/aromatic N) is 1. The highest BCUT2D eigenvalue weighted by Gasteiger charge is 2.36. The van der Waals surface area contributed by atoms with Crippen LogP contribution in [0, 0.1) is 11.8 Å². The van der Waals surface area contributed by atoms with E-state index in [2.05, 4.69) is 18.6 Å². The first-order valence-corrected chi connectivity index (χ1v) is 12.3. The molecule has 1 aliphatic carbocycles. The fraction of sp³-hybridized carbons (Fsp3) is 0.950. The lowest BCUT2D eigenvalue weighted by atomic mass is 9.80. The molecule has 2 rings (SSSR count). The van der Waals surface area contributed by atoms with Gasteiger partial charge in [0, 0.05) is 19.5 Å². The zero-order valence-corrected chi connectivity index (χ0v) is 18.3. The van der Waals surface area contributed by atoms with Crippen molar-refractivity contribution >= 4 is 15.9 Å². The molecule has 1 aliphatic heterocycles. The van der Waals surface area contributed by atoms with Crippen LogP contribution >= 0.6 is 0 Å². The van der Waals surface area contributed by atoms with Crippen LogP contribution in [0.25, 0.3) is 0 Å². The van der Waals surface area contributed by atoms with Crippen molar-refractivity contribution in [3.8, 4) is 0 Å². The number of rotatable bonds is 8. The molecule has 1 N–H and O–H groups in total. The molecule has 0 spiro atoms. The van der Waals surface area contributed by atoms with Gasteiger partial charge in [-0.25, -0.2) is 13.1 Å². The molecule has 6 nitrogen and oxygen atoms in total. The zero-order valence-electron chi connectivity index (χ0n) is 17.4. The van der Waals surface area contributed by atoms with Crippen molar-refractivity contribution < 1.29 is 17.9 Å². The molecular weight excluding hydrogens is 364 g/mol. The smallest absolute Gasteiger partial charge is 0.219 e. The molecule has 1 saturated heterocycles. The number of hydrogen-bond donors (Lipinski definition) is 1. The summed E-state index contributed by atoms with van der Waals surface area (Å²) in [7, 11) is -3.32. The van der Waals surface area contributed by atoms with Gasteiger partial charge < -0.3 is 9.64 Å². The molecule has 0 aromatic rings. The molecule has 1 saturated carbocycles. The van der Waals surface area contributed by atoms with Crippen LogP contribution in [0.2, 0.25) is 0 Å². The van der Waals surface area contributed by atoms with Gasteiger partial charge in [-0.1, -0.05) is 20.8 Å². The van der Waals surface area contributed by atoms with Crippen LogP contribution in [0.1, 0.15) is 72.6 Å². The van der Waals surface area contributed by atoms with E-state index in [-0.39, 0.29) is 29.8 Å². The first-order chi connectivity index (χ1) is 12.7. The molecule has 2 atom stereocenters. The van der Waals surface area contributed by atoms with Crippen molar-refractivity contribution in [1.29, 1.82) is 0 Å². The summed E-state index contributed by atoms with van der Waals surface area (Å²) in [6.45, 7) is 9.07. The molecule has 1 heterocycles. The Morgan fingerprint density at radius 3 is 2.41 bits per heavy atom.